The van der Waals surface area contributed by atoms with Crippen LogP contribution in [0, 0.1) is 6.92 Å². The number of morpholine rings is 1. The standard InChI is InChI=1S/C22H20ClF3N4O2/c1-14-17(13-27-30(14)16-5-2-4-15(12-16)22(24,25)26)21(31)28-19-7-3-6-18(23)20(19)29-8-10-32-11-9-29/h2-7,12-13H,8-11H2,1H3,(H,28,31). The van der Waals surface area contributed by atoms with Crippen LogP contribution in [-0.2, 0) is 10.9 Å². The molecule has 1 amide bonds. The molecule has 2 aromatic carbocycles. The molecule has 1 aromatic heterocycles. The molecular weight excluding hydrogens is 445 g/mol. The summed E-state index contributed by atoms with van der Waals surface area (Å²) in [6, 6.07) is 10.0. The number of amides is 1. The largest absolute Gasteiger partial charge is 0.416 e. The number of nitrogens with zero attached hydrogens (tertiary/aromatic N) is 3. The zero-order chi connectivity index (χ0) is 22.9. The van der Waals surface area contributed by atoms with Gasteiger partial charge in [-0.15, -0.1) is 0 Å². The number of hydrogen-bond donors (Lipinski definition) is 1. The van der Waals surface area contributed by atoms with Crippen LogP contribution >= 0.6 is 11.6 Å². The predicted molar refractivity (Wildman–Crippen MR) is 116 cm³/mol. The number of carbonyl (C=O) groups excluding carboxylic acids is 1. The highest BCUT2D eigenvalue weighted by atomic mass is 35.5. The summed E-state index contributed by atoms with van der Waals surface area (Å²) in [6.45, 7) is 4.02. The number of hydrogen-bond acceptors (Lipinski definition) is 4. The molecule has 3 aromatic rings. The lowest BCUT2D eigenvalue weighted by molar-refractivity contribution is -0.137. The Balaban J connectivity index is 1.62. The number of aromatic nitrogens is 2. The maximum atomic E-state index is 13.1. The summed E-state index contributed by atoms with van der Waals surface area (Å²) in [5.74, 6) is -0.433. The van der Waals surface area contributed by atoms with Gasteiger partial charge in [-0.3, -0.25) is 4.79 Å². The molecule has 10 heteroatoms. The van der Waals surface area contributed by atoms with Crippen LogP contribution in [0.1, 0.15) is 21.6 Å². The van der Waals surface area contributed by atoms with Gasteiger partial charge in [0.2, 0.25) is 0 Å². The fraction of sp³-hybridized carbons (Fsp3) is 0.273. The van der Waals surface area contributed by atoms with Crippen LogP contribution < -0.4 is 10.2 Å². The van der Waals surface area contributed by atoms with Crippen LogP contribution in [0.5, 0.6) is 0 Å². The summed E-state index contributed by atoms with van der Waals surface area (Å²) in [4.78, 5) is 15.1. The number of carbonyl (C=O) groups is 1. The van der Waals surface area contributed by atoms with E-state index in [-0.39, 0.29) is 11.3 Å². The number of alkyl halides is 3. The van der Waals surface area contributed by atoms with E-state index in [9.17, 15) is 18.0 Å². The molecule has 6 nitrogen and oxygen atoms in total. The van der Waals surface area contributed by atoms with E-state index in [1.807, 2.05) is 4.90 Å². The van der Waals surface area contributed by atoms with Gasteiger partial charge < -0.3 is 15.0 Å². The molecule has 1 aliphatic rings. The molecule has 0 aliphatic carbocycles. The zero-order valence-electron chi connectivity index (χ0n) is 17.1. The molecule has 0 bridgehead atoms. The number of para-hydroxylation sites is 1. The second-order valence-electron chi connectivity index (χ2n) is 7.29. The number of anilines is 2. The van der Waals surface area contributed by atoms with Crippen molar-refractivity contribution in [2.75, 3.05) is 36.5 Å². The number of nitrogens with one attached hydrogen (secondary N) is 1. The van der Waals surface area contributed by atoms with Crippen LogP contribution in [0.25, 0.3) is 5.69 Å². The van der Waals surface area contributed by atoms with Gasteiger partial charge in [0.1, 0.15) is 0 Å². The van der Waals surface area contributed by atoms with Crippen molar-refractivity contribution in [1.82, 2.24) is 9.78 Å². The molecule has 0 radical (unpaired) electrons. The minimum absolute atomic E-state index is 0.216. The average molecular weight is 465 g/mol. The molecular formula is C22H20ClF3N4O2. The van der Waals surface area contributed by atoms with Gasteiger partial charge in [-0.2, -0.15) is 18.3 Å². The Morgan fingerprint density at radius 2 is 1.88 bits per heavy atom. The average Bonchev–Trinajstić information content (AvgIpc) is 3.15. The van der Waals surface area contributed by atoms with Gasteiger partial charge >= 0.3 is 6.18 Å². The minimum atomic E-state index is -4.47. The highest BCUT2D eigenvalue weighted by Crippen LogP contribution is 2.35. The SMILES string of the molecule is Cc1c(C(=O)Nc2cccc(Cl)c2N2CCOCC2)cnn1-c1cccc(C(F)(F)F)c1. The lowest BCUT2D eigenvalue weighted by Gasteiger charge is -2.31. The summed E-state index contributed by atoms with van der Waals surface area (Å²) in [5, 5.41) is 7.51. The summed E-state index contributed by atoms with van der Waals surface area (Å²) in [5.41, 5.74) is 1.33. The van der Waals surface area contributed by atoms with Crippen molar-refractivity contribution in [3.05, 3.63) is 70.5 Å². The van der Waals surface area contributed by atoms with E-state index < -0.39 is 17.6 Å². The number of benzene rings is 2. The fourth-order valence-corrected chi connectivity index (χ4v) is 3.92. The van der Waals surface area contributed by atoms with Crippen LogP contribution in [0.3, 0.4) is 0 Å². The lowest BCUT2D eigenvalue weighted by atomic mass is 10.1. The monoisotopic (exact) mass is 464 g/mol. The van der Waals surface area contributed by atoms with Crippen molar-refractivity contribution in [2.45, 2.75) is 13.1 Å². The Hall–Kier alpha value is -3.04. The van der Waals surface area contributed by atoms with Gasteiger partial charge in [0.05, 0.1) is 58.3 Å². The topological polar surface area (TPSA) is 59.4 Å². The van der Waals surface area contributed by atoms with E-state index in [4.69, 9.17) is 16.3 Å². The van der Waals surface area contributed by atoms with E-state index in [1.54, 1.807) is 25.1 Å². The minimum Gasteiger partial charge on any atom is -0.378 e. The highest BCUT2D eigenvalue weighted by molar-refractivity contribution is 6.34. The molecule has 1 fully saturated rings. The second kappa shape index (κ2) is 8.84. The Morgan fingerprint density at radius 1 is 1.16 bits per heavy atom. The molecule has 0 saturated carbocycles. The van der Waals surface area contributed by atoms with Crippen LogP contribution in [0.2, 0.25) is 5.02 Å². The number of ether oxygens (including phenoxy) is 1. The van der Waals surface area contributed by atoms with Gasteiger partial charge in [-0.25, -0.2) is 4.68 Å². The Kier molecular flexibility index (Phi) is 6.12. The molecule has 32 heavy (non-hydrogen) atoms. The molecule has 0 atom stereocenters. The quantitative estimate of drug-likeness (QED) is 0.594. The molecule has 1 saturated heterocycles. The maximum absolute atomic E-state index is 13.1. The summed E-state index contributed by atoms with van der Waals surface area (Å²) < 4.78 is 45.9. The summed E-state index contributed by atoms with van der Waals surface area (Å²) in [7, 11) is 0. The van der Waals surface area contributed by atoms with Gasteiger partial charge in [0.25, 0.3) is 5.91 Å². The predicted octanol–water partition coefficient (Wildman–Crippen LogP) is 4.94. The molecule has 2 heterocycles. The van der Waals surface area contributed by atoms with Crippen LogP contribution in [-0.4, -0.2) is 42.0 Å². The number of rotatable bonds is 4. The van der Waals surface area contributed by atoms with Crippen LogP contribution in [0.4, 0.5) is 24.5 Å². The first-order valence-corrected chi connectivity index (χ1v) is 10.3. The first-order chi connectivity index (χ1) is 15.3. The van der Waals surface area contributed by atoms with Gasteiger partial charge in [0, 0.05) is 13.1 Å². The van der Waals surface area contributed by atoms with Crippen molar-refractivity contribution < 1.29 is 22.7 Å². The maximum Gasteiger partial charge on any atom is 0.416 e. The van der Waals surface area contributed by atoms with E-state index in [0.717, 1.165) is 12.1 Å². The molecule has 4 rings (SSSR count). The first-order valence-electron chi connectivity index (χ1n) is 9.90. The van der Waals surface area contributed by atoms with Gasteiger partial charge in [0.15, 0.2) is 0 Å². The Labute approximate surface area is 187 Å². The molecule has 1 aliphatic heterocycles. The van der Waals surface area contributed by atoms with Crippen LogP contribution in [0.15, 0.2) is 48.7 Å². The van der Waals surface area contributed by atoms with Crippen molar-refractivity contribution in [3.63, 3.8) is 0 Å². The Bertz CT molecular complexity index is 1140. The first kappa shape index (κ1) is 22.2. The van der Waals surface area contributed by atoms with Gasteiger partial charge in [-0.05, 0) is 37.3 Å². The molecule has 0 unspecified atom stereocenters. The highest BCUT2D eigenvalue weighted by Gasteiger charge is 2.31. The lowest BCUT2D eigenvalue weighted by Crippen LogP contribution is -2.37. The molecule has 1 N–H and O–H groups in total. The zero-order valence-corrected chi connectivity index (χ0v) is 17.9. The van der Waals surface area contributed by atoms with Crippen molar-refractivity contribution in [2.24, 2.45) is 0 Å². The van der Waals surface area contributed by atoms with E-state index in [1.165, 1.54) is 23.0 Å². The van der Waals surface area contributed by atoms with E-state index >= 15 is 0 Å². The fourth-order valence-electron chi connectivity index (χ4n) is 3.62. The van der Waals surface area contributed by atoms with E-state index in [0.29, 0.717) is 48.4 Å². The van der Waals surface area contributed by atoms with Crippen molar-refractivity contribution in [3.8, 4) is 5.69 Å². The van der Waals surface area contributed by atoms with Gasteiger partial charge in [-0.1, -0.05) is 23.7 Å². The number of halogens is 4. The third kappa shape index (κ3) is 4.44. The summed E-state index contributed by atoms with van der Waals surface area (Å²) >= 11 is 6.42. The summed E-state index contributed by atoms with van der Waals surface area (Å²) in [6.07, 6.45) is -3.14. The molecule has 168 valence electrons. The third-order valence-electron chi connectivity index (χ3n) is 5.23. The smallest absolute Gasteiger partial charge is 0.378 e. The third-order valence-corrected chi connectivity index (χ3v) is 5.54. The normalized spacial score (nSPS) is 14.5. The van der Waals surface area contributed by atoms with Crippen molar-refractivity contribution in [1.29, 1.82) is 0 Å². The molecule has 0 spiro atoms. The Morgan fingerprint density at radius 3 is 2.59 bits per heavy atom. The van der Waals surface area contributed by atoms with E-state index in [2.05, 4.69) is 10.4 Å². The van der Waals surface area contributed by atoms with Crippen molar-refractivity contribution >= 4 is 28.9 Å². The second-order valence-corrected chi connectivity index (χ2v) is 7.70.